The van der Waals surface area contributed by atoms with Gasteiger partial charge < -0.3 is 4.74 Å². The van der Waals surface area contributed by atoms with Crippen molar-refractivity contribution in [3.8, 4) is 6.07 Å². The maximum Gasteiger partial charge on any atom is 0.0657 e. The molecule has 0 aliphatic carbocycles. The average Bonchev–Trinajstić information content (AvgIpc) is 2.05. The van der Waals surface area contributed by atoms with Gasteiger partial charge in [-0.2, -0.15) is 5.26 Å². The van der Waals surface area contributed by atoms with Crippen molar-refractivity contribution >= 4 is 0 Å². The number of nitriles is 1. The van der Waals surface area contributed by atoms with E-state index in [-0.39, 0.29) is 5.92 Å². The van der Waals surface area contributed by atoms with Crippen LogP contribution in [0.1, 0.15) is 26.7 Å². The third kappa shape index (κ3) is 2.20. The minimum atomic E-state index is 0.233. The molecule has 0 saturated carbocycles. The highest BCUT2D eigenvalue weighted by Gasteiger charge is 2.24. The Balaban J connectivity index is 2.41. The molecule has 1 fully saturated rings. The maximum absolute atomic E-state index is 8.69. The zero-order chi connectivity index (χ0) is 8.27. The summed E-state index contributed by atoms with van der Waals surface area (Å²) in [5, 5.41) is 8.69. The zero-order valence-corrected chi connectivity index (χ0v) is 7.21. The van der Waals surface area contributed by atoms with Crippen molar-refractivity contribution in [2.75, 3.05) is 6.61 Å². The molecule has 0 unspecified atom stereocenters. The van der Waals surface area contributed by atoms with Gasteiger partial charge >= 0.3 is 0 Å². The standard InChI is InChI=1S/C9H15NO/c1-7(2)9-5-8(6-10)3-4-11-9/h7-9H,3-5H2,1-2H3/t8-,9-/m1/s1. The highest BCUT2D eigenvalue weighted by molar-refractivity contribution is 4.87. The first kappa shape index (κ1) is 8.55. The third-order valence-corrected chi connectivity index (χ3v) is 2.24. The van der Waals surface area contributed by atoms with Gasteiger partial charge in [-0.15, -0.1) is 0 Å². The lowest BCUT2D eigenvalue weighted by Gasteiger charge is -2.28. The van der Waals surface area contributed by atoms with Gasteiger partial charge in [0.2, 0.25) is 0 Å². The molecule has 1 aliphatic heterocycles. The lowest BCUT2D eigenvalue weighted by molar-refractivity contribution is -0.0242. The average molecular weight is 153 g/mol. The molecule has 0 bridgehead atoms. The molecule has 0 aromatic carbocycles. The normalized spacial score (nSPS) is 31.8. The van der Waals surface area contributed by atoms with E-state index in [2.05, 4.69) is 19.9 Å². The van der Waals surface area contributed by atoms with Crippen LogP contribution in [-0.4, -0.2) is 12.7 Å². The summed E-state index contributed by atoms with van der Waals surface area (Å²) in [6.07, 6.45) is 2.15. The van der Waals surface area contributed by atoms with Crippen LogP contribution in [0.4, 0.5) is 0 Å². The van der Waals surface area contributed by atoms with Crippen LogP contribution in [0, 0.1) is 23.2 Å². The first-order valence-electron chi connectivity index (χ1n) is 4.25. The van der Waals surface area contributed by atoms with Gasteiger partial charge in [0, 0.05) is 6.61 Å². The maximum atomic E-state index is 8.69. The number of nitrogens with zero attached hydrogens (tertiary/aromatic N) is 1. The Bertz CT molecular complexity index is 159. The van der Waals surface area contributed by atoms with Crippen molar-refractivity contribution in [2.45, 2.75) is 32.8 Å². The summed E-state index contributed by atoms with van der Waals surface area (Å²) in [5.74, 6) is 0.780. The minimum absolute atomic E-state index is 0.233. The summed E-state index contributed by atoms with van der Waals surface area (Å²) in [6, 6.07) is 2.31. The molecule has 1 heterocycles. The summed E-state index contributed by atoms with van der Waals surface area (Å²) in [6.45, 7) is 5.05. The summed E-state index contributed by atoms with van der Waals surface area (Å²) in [7, 11) is 0. The summed E-state index contributed by atoms with van der Waals surface area (Å²) in [5.41, 5.74) is 0. The van der Waals surface area contributed by atoms with E-state index in [1.165, 1.54) is 0 Å². The Hall–Kier alpha value is -0.550. The fourth-order valence-corrected chi connectivity index (χ4v) is 1.41. The Labute approximate surface area is 68.2 Å². The van der Waals surface area contributed by atoms with Crippen LogP contribution in [0.2, 0.25) is 0 Å². The lowest BCUT2D eigenvalue weighted by Crippen LogP contribution is -2.29. The third-order valence-electron chi connectivity index (χ3n) is 2.24. The van der Waals surface area contributed by atoms with Gasteiger partial charge in [0.25, 0.3) is 0 Å². The second-order valence-corrected chi connectivity index (χ2v) is 3.50. The molecule has 0 spiro atoms. The highest BCUT2D eigenvalue weighted by atomic mass is 16.5. The number of ether oxygens (including phenoxy) is 1. The van der Waals surface area contributed by atoms with Gasteiger partial charge in [0.15, 0.2) is 0 Å². The number of rotatable bonds is 1. The van der Waals surface area contributed by atoms with E-state index in [1.54, 1.807) is 0 Å². The van der Waals surface area contributed by atoms with Crippen molar-refractivity contribution < 1.29 is 4.74 Å². The Morgan fingerprint density at radius 3 is 2.82 bits per heavy atom. The van der Waals surface area contributed by atoms with Gasteiger partial charge in [0.05, 0.1) is 18.1 Å². The van der Waals surface area contributed by atoms with E-state index in [0.29, 0.717) is 12.0 Å². The fourth-order valence-electron chi connectivity index (χ4n) is 1.41. The van der Waals surface area contributed by atoms with Crippen LogP contribution < -0.4 is 0 Å². The highest BCUT2D eigenvalue weighted by Crippen LogP contribution is 2.23. The van der Waals surface area contributed by atoms with Gasteiger partial charge in [-0.05, 0) is 18.8 Å². The molecular formula is C9H15NO. The summed E-state index contributed by atoms with van der Waals surface area (Å²) >= 11 is 0. The summed E-state index contributed by atoms with van der Waals surface area (Å²) in [4.78, 5) is 0. The van der Waals surface area contributed by atoms with E-state index in [4.69, 9.17) is 10.00 Å². The lowest BCUT2D eigenvalue weighted by atomic mass is 9.91. The van der Waals surface area contributed by atoms with Gasteiger partial charge in [-0.25, -0.2) is 0 Å². The second kappa shape index (κ2) is 3.73. The zero-order valence-electron chi connectivity index (χ0n) is 7.21. The van der Waals surface area contributed by atoms with Crippen LogP contribution in [0.3, 0.4) is 0 Å². The van der Waals surface area contributed by atoms with E-state index >= 15 is 0 Å². The molecule has 62 valence electrons. The minimum Gasteiger partial charge on any atom is -0.378 e. The van der Waals surface area contributed by atoms with Crippen LogP contribution in [-0.2, 0) is 4.74 Å². The van der Waals surface area contributed by atoms with Crippen LogP contribution in [0.25, 0.3) is 0 Å². The molecule has 0 N–H and O–H groups in total. The Morgan fingerprint density at radius 2 is 2.27 bits per heavy atom. The smallest absolute Gasteiger partial charge is 0.0657 e. The van der Waals surface area contributed by atoms with Crippen molar-refractivity contribution in [3.63, 3.8) is 0 Å². The molecule has 1 aliphatic rings. The van der Waals surface area contributed by atoms with Crippen LogP contribution >= 0.6 is 0 Å². The predicted octanol–water partition coefficient (Wildman–Crippen LogP) is 1.96. The molecule has 1 rings (SSSR count). The van der Waals surface area contributed by atoms with E-state index < -0.39 is 0 Å². The Morgan fingerprint density at radius 1 is 1.55 bits per heavy atom. The van der Waals surface area contributed by atoms with Crippen LogP contribution in [0.5, 0.6) is 0 Å². The Kier molecular flexibility index (Phi) is 2.90. The molecule has 2 heteroatoms. The van der Waals surface area contributed by atoms with Gasteiger partial charge in [0.1, 0.15) is 0 Å². The largest absolute Gasteiger partial charge is 0.378 e. The molecular weight excluding hydrogens is 138 g/mol. The van der Waals surface area contributed by atoms with E-state index in [0.717, 1.165) is 19.4 Å². The fraction of sp³-hybridized carbons (Fsp3) is 0.889. The first-order chi connectivity index (χ1) is 5.24. The SMILES string of the molecule is CC(C)[C@H]1C[C@H](C#N)CCO1. The molecule has 1 saturated heterocycles. The molecule has 2 atom stereocenters. The van der Waals surface area contributed by atoms with Gasteiger partial charge in [-0.1, -0.05) is 13.8 Å². The monoisotopic (exact) mass is 153 g/mol. The van der Waals surface area contributed by atoms with E-state index in [1.807, 2.05) is 0 Å². The first-order valence-corrected chi connectivity index (χ1v) is 4.25. The van der Waals surface area contributed by atoms with Crippen LogP contribution in [0.15, 0.2) is 0 Å². The van der Waals surface area contributed by atoms with Gasteiger partial charge in [-0.3, -0.25) is 0 Å². The van der Waals surface area contributed by atoms with Crippen molar-refractivity contribution in [2.24, 2.45) is 11.8 Å². The van der Waals surface area contributed by atoms with Crippen molar-refractivity contribution in [3.05, 3.63) is 0 Å². The molecule has 2 nitrogen and oxygen atoms in total. The van der Waals surface area contributed by atoms with Crippen molar-refractivity contribution in [1.82, 2.24) is 0 Å². The quantitative estimate of drug-likeness (QED) is 0.577. The number of hydrogen-bond acceptors (Lipinski definition) is 2. The number of hydrogen-bond donors (Lipinski definition) is 0. The predicted molar refractivity (Wildman–Crippen MR) is 42.9 cm³/mol. The summed E-state index contributed by atoms with van der Waals surface area (Å²) < 4.78 is 5.52. The van der Waals surface area contributed by atoms with E-state index in [9.17, 15) is 0 Å². The van der Waals surface area contributed by atoms with Crippen molar-refractivity contribution in [1.29, 1.82) is 5.26 Å². The molecule has 0 amide bonds. The molecule has 0 aromatic heterocycles. The topological polar surface area (TPSA) is 33.0 Å². The molecule has 0 radical (unpaired) electrons. The molecule has 11 heavy (non-hydrogen) atoms. The molecule has 0 aromatic rings. The second-order valence-electron chi connectivity index (χ2n) is 3.50.